The minimum atomic E-state index is -3.08. The lowest BCUT2D eigenvalue weighted by atomic mass is 10.2. The van der Waals surface area contributed by atoms with Gasteiger partial charge in [-0.25, -0.2) is 13.2 Å². The molecule has 1 aromatic rings. The standard InChI is InChI=1S/C11H12ClNO4S/c12-10-8(2-1-3-9(10)13)11(14)17-7-4-5-18(15,16)6-7/h1-3,7H,4-6,13H2. The zero-order valence-electron chi connectivity index (χ0n) is 9.43. The first-order valence-electron chi connectivity index (χ1n) is 5.34. The zero-order valence-corrected chi connectivity index (χ0v) is 11.0. The summed E-state index contributed by atoms with van der Waals surface area (Å²) in [6.45, 7) is 0. The fourth-order valence-corrected chi connectivity index (χ4v) is 3.57. The number of carbonyl (C=O) groups excluding carboxylic acids is 1. The van der Waals surface area contributed by atoms with Crippen LogP contribution in [0.5, 0.6) is 0 Å². The van der Waals surface area contributed by atoms with Gasteiger partial charge in [-0.1, -0.05) is 17.7 Å². The Labute approximate surface area is 110 Å². The molecular formula is C11H12ClNO4S. The second-order valence-electron chi connectivity index (χ2n) is 4.14. The van der Waals surface area contributed by atoms with Crippen molar-refractivity contribution in [2.75, 3.05) is 17.2 Å². The maximum atomic E-state index is 11.8. The number of benzene rings is 1. The summed E-state index contributed by atoms with van der Waals surface area (Å²) in [5, 5.41) is 0.128. The molecule has 1 heterocycles. The summed E-state index contributed by atoms with van der Waals surface area (Å²) < 4.78 is 27.6. The van der Waals surface area contributed by atoms with Crippen molar-refractivity contribution in [3.05, 3.63) is 28.8 Å². The van der Waals surface area contributed by atoms with Crippen LogP contribution in [0.15, 0.2) is 18.2 Å². The van der Waals surface area contributed by atoms with E-state index in [1.807, 2.05) is 0 Å². The lowest BCUT2D eigenvalue weighted by Gasteiger charge is -2.11. The molecule has 1 fully saturated rings. The minimum Gasteiger partial charge on any atom is -0.458 e. The summed E-state index contributed by atoms with van der Waals surface area (Å²) in [5.74, 6) is -0.719. The summed E-state index contributed by atoms with van der Waals surface area (Å²) in [4.78, 5) is 11.8. The van der Waals surface area contributed by atoms with Gasteiger partial charge in [0.1, 0.15) is 6.10 Å². The summed E-state index contributed by atoms with van der Waals surface area (Å²) in [5.41, 5.74) is 6.01. The van der Waals surface area contributed by atoms with E-state index in [1.165, 1.54) is 6.07 Å². The summed E-state index contributed by atoms with van der Waals surface area (Å²) in [6, 6.07) is 4.65. The van der Waals surface area contributed by atoms with E-state index >= 15 is 0 Å². The lowest BCUT2D eigenvalue weighted by Crippen LogP contribution is -2.19. The van der Waals surface area contributed by atoms with Crippen LogP contribution in [0.4, 0.5) is 5.69 Å². The average molecular weight is 290 g/mol. The van der Waals surface area contributed by atoms with Crippen LogP contribution in [0.3, 0.4) is 0 Å². The number of esters is 1. The van der Waals surface area contributed by atoms with Crippen LogP contribution in [0.25, 0.3) is 0 Å². The normalized spacial score (nSPS) is 21.7. The van der Waals surface area contributed by atoms with Crippen LogP contribution in [0.1, 0.15) is 16.8 Å². The maximum Gasteiger partial charge on any atom is 0.340 e. The third kappa shape index (κ3) is 2.76. The zero-order chi connectivity index (χ0) is 13.3. The van der Waals surface area contributed by atoms with E-state index in [-0.39, 0.29) is 27.8 Å². The van der Waals surface area contributed by atoms with Gasteiger partial charge in [0.2, 0.25) is 0 Å². The molecule has 98 valence electrons. The Morgan fingerprint density at radius 1 is 1.44 bits per heavy atom. The molecule has 18 heavy (non-hydrogen) atoms. The van der Waals surface area contributed by atoms with Crippen molar-refractivity contribution < 1.29 is 17.9 Å². The van der Waals surface area contributed by atoms with Crippen LogP contribution in [-0.4, -0.2) is 32.0 Å². The molecule has 0 radical (unpaired) electrons. The van der Waals surface area contributed by atoms with Gasteiger partial charge >= 0.3 is 5.97 Å². The average Bonchev–Trinajstić information content (AvgIpc) is 2.62. The van der Waals surface area contributed by atoms with Crippen LogP contribution in [0, 0.1) is 0 Å². The highest BCUT2D eigenvalue weighted by molar-refractivity contribution is 7.91. The fourth-order valence-electron chi connectivity index (χ4n) is 1.78. The van der Waals surface area contributed by atoms with Crippen molar-refractivity contribution in [2.45, 2.75) is 12.5 Å². The number of nitrogens with two attached hydrogens (primary N) is 1. The van der Waals surface area contributed by atoms with Crippen LogP contribution in [0.2, 0.25) is 5.02 Å². The largest absolute Gasteiger partial charge is 0.458 e. The predicted molar refractivity (Wildman–Crippen MR) is 68.3 cm³/mol. The molecule has 2 rings (SSSR count). The van der Waals surface area contributed by atoms with Gasteiger partial charge in [-0.05, 0) is 18.6 Å². The van der Waals surface area contributed by atoms with Crippen molar-refractivity contribution >= 4 is 33.1 Å². The summed E-state index contributed by atoms with van der Waals surface area (Å²) in [6.07, 6.45) is -0.270. The fraction of sp³-hybridized carbons (Fsp3) is 0.364. The molecule has 0 amide bonds. The number of hydrogen-bond donors (Lipinski definition) is 1. The Bertz CT molecular complexity index is 585. The van der Waals surface area contributed by atoms with Gasteiger partial charge in [-0.2, -0.15) is 0 Å². The maximum absolute atomic E-state index is 11.8. The van der Waals surface area contributed by atoms with Crippen molar-refractivity contribution in [2.24, 2.45) is 0 Å². The van der Waals surface area contributed by atoms with E-state index < -0.39 is 21.9 Å². The molecule has 5 nitrogen and oxygen atoms in total. The Kier molecular flexibility index (Phi) is 3.49. The van der Waals surface area contributed by atoms with Gasteiger partial charge in [0.05, 0.1) is 27.8 Å². The quantitative estimate of drug-likeness (QED) is 0.654. The number of carbonyl (C=O) groups is 1. The van der Waals surface area contributed by atoms with Crippen LogP contribution in [-0.2, 0) is 14.6 Å². The first kappa shape index (κ1) is 13.2. The first-order chi connectivity index (χ1) is 8.39. The van der Waals surface area contributed by atoms with Crippen molar-refractivity contribution in [1.82, 2.24) is 0 Å². The van der Waals surface area contributed by atoms with E-state index in [4.69, 9.17) is 22.1 Å². The molecule has 7 heteroatoms. The third-order valence-electron chi connectivity index (χ3n) is 2.71. The van der Waals surface area contributed by atoms with E-state index in [2.05, 4.69) is 0 Å². The molecule has 0 bridgehead atoms. The second kappa shape index (κ2) is 4.78. The first-order valence-corrected chi connectivity index (χ1v) is 7.54. The van der Waals surface area contributed by atoms with Crippen molar-refractivity contribution in [3.63, 3.8) is 0 Å². The molecular weight excluding hydrogens is 278 g/mol. The lowest BCUT2D eigenvalue weighted by molar-refractivity contribution is 0.0356. The van der Waals surface area contributed by atoms with Crippen molar-refractivity contribution in [3.8, 4) is 0 Å². The van der Waals surface area contributed by atoms with Crippen LogP contribution >= 0.6 is 11.6 Å². The topological polar surface area (TPSA) is 86.5 Å². The molecule has 1 aliphatic heterocycles. The van der Waals surface area contributed by atoms with Gasteiger partial charge in [0, 0.05) is 0 Å². The van der Waals surface area contributed by atoms with Gasteiger partial charge in [0.25, 0.3) is 0 Å². The number of halogens is 1. The molecule has 1 aromatic carbocycles. The Morgan fingerprint density at radius 2 is 2.17 bits per heavy atom. The van der Waals surface area contributed by atoms with E-state index in [9.17, 15) is 13.2 Å². The van der Waals surface area contributed by atoms with Crippen LogP contribution < -0.4 is 5.73 Å². The Balaban J connectivity index is 2.11. The monoisotopic (exact) mass is 289 g/mol. The van der Waals surface area contributed by atoms with Gasteiger partial charge in [-0.3, -0.25) is 0 Å². The molecule has 1 atom stereocenters. The molecule has 0 saturated carbocycles. The molecule has 0 spiro atoms. The number of hydrogen-bond acceptors (Lipinski definition) is 5. The molecule has 2 N–H and O–H groups in total. The van der Waals surface area contributed by atoms with Gasteiger partial charge < -0.3 is 10.5 Å². The number of nitrogen functional groups attached to an aromatic ring is 1. The van der Waals surface area contributed by atoms with Crippen molar-refractivity contribution in [1.29, 1.82) is 0 Å². The van der Waals surface area contributed by atoms with E-state index in [1.54, 1.807) is 12.1 Å². The predicted octanol–water partition coefficient (Wildman–Crippen LogP) is 1.27. The van der Waals surface area contributed by atoms with Gasteiger partial charge in [-0.15, -0.1) is 0 Å². The second-order valence-corrected chi connectivity index (χ2v) is 6.75. The Hall–Kier alpha value is -1.27. The van der Waals surface area contributed by atoms with E-state index in [0.29, 0.717) is 6.42 Å². The number of ether oxygens (including phenoxy) is 1. The highest BCUT2D eigenvalue weighted by Crippen LogP contribution is 2.25. The van der Waals surface area contributed by atoms with Gasteiger partial charge in [0.15, 0.2) is 9.84 Å². The smallest absolute Gasteiger partial charge is 0.340 e. The molecule has 1 saturated heterocycles. The molecule has 1 unspecified atom stereocenters. The number of anilines is 1. The molecule has 0 aromatic heterocycles. The SMILES string of the molecule is Nc1cccc(C(=O)OC2CCS(=O)(=O)C2)c1Cl. The molecule has 0 aliphatic carbocycles. The highest BCUT2D eigenvalue weighted by Gasteiger charge is 2.31. The number of sulfone groups is 1. The highest BCUT2D eigenvalue weighted by atomic mass is 35.5. The summed E-state index contributed by atoms with van der Waals surface area (Å²) >= 11 is 5.89. The third-order valence-corrected chi connectivity index (χ3v) is 4.87. The van der Waals surface area contributed by atoms with E-state index in [0.717, 1.165) is 0 Å². The summed E-state index contributed by atoms with van der Waals surface area (Å²) in [7, 11) is -3.08. The molecule has 1 aliphatic rings. The number of rotatable bonds is 2. The Morgan fingerprint density at radius 3 is 2.78 bits per heavy atom. The minimum absolute atomic E-state index is 0.0512.